The normalized spacial score (nSPS) is 22.9. The fourth-order valence-electron chi connectivity index (χ4n) is 2.59. The highest BCUT2D eigenvalue weighted by molar-refractivity contribution is 6.37. The van der Waals surface area contributed by atoms with Gasteiger partial charge in [-0.1, -0.05) is 43.0 Å². The van der Waals surface area contributed by atoms with Gasteiger partial charge in [0.1, 0.15) is 0 Å². The molecule has 1 aliphatic rings. The number of benzene rings is 1. The molecule has 0 aromatic heterocycles. The molecule has 2 nitrogen and oxygen atoms in total. The van der Waals surface area contributed by atoms with Gasteiger partial charge >= 0.3 is 6.61 Å². The van der Waals surface area contributed by atoms with Gasteiger partial charge < -0.3 is 10.1 Å². The molecule has 0 saturated heterocycles. The maximum atomic E-state index is 12.2. The number of nitrogens with one attached hydrogen (secondary N) is 1. The predicted octanol–water partition coefficient (Wildman–Crippen LogP) is 5.59. The first-order valence-corrected chi connectivity index (χ1v) is 7.43. The Hall–Kier alpha value is -0.740. The highest BCUT2D eigenvalue weighted by atomic mass is 35.5. The van der Waals surface area contributed by atoms with Crippen LogP contribution >= 0.6 is 23.2 Å². The molecule has 0 amide bonds. The van der Waals surface area contributed by atoms with Crippen molar-refractivity contribution in [1.29, 1.82) is 0 Å². The fourth-order valence-corrected chi connectivity index (χ4v) is 3.17. The van der Waals surface area contributed by atoms with Crippen LogP contribution in [-0.2, 0) is 0 Å². The molecule has 20 heavy (non-hydrogen) atoms. The number of hydrogen-bond acceptors (Lipinski definition) is 2. The lowest BCUT2D eigenvalue weighted by atomic mass is 9.86. The first kappa shape index (κ1) is 15.6. The summed E-state index contributed by atoms with van der Waals surface area (Å²) in [6.45, 7) is -0.740. The van der Waals surface area contributed by atoms with Crippen LogP contribution in [0.2, 0.25) is 10.0 Å². The Morgan fingerprint density at radius 2 is 1.80 bits per heavy atom. The van der Waals surface area contributed by atoms with Crippen LogP contribution in [-0.4, -0.2) is 12.7 Å². The number of halogens is 4. The lowest BCUT2D eigenvalue weighted by molar-refractivity contribution is -0.0497. The number of hydrogen-bond donors (Lipinski definition) is 1. The third kappa shape index (κ3) is 3.89. The average Bonchev–Trinajstić information content (AvgIpc) is 2.36. The van der Waals surface area contributed by atoms with E-state index in [0.29, 0.717) is 12.0 Å². The largest absolute Gasteiger partial charge is 0.432 e. The van der Waals surface area contributed by atoms with E-state index >= 15 is 0 Å². The zero-order valence-corrected chi connectivity index (χ0v) is 12.6. The van der Waals surface area contributed by atoms with Crippen molar-refractivity contribution in [2.24, 2.45) is 5.92 Å². The van der Waals surface area contributed by atoms with Gasteiger partial charge in [-0.05, 0) is 30.9 Å². The Labute approximate surface area is 127 Å². The summed E-state index contributed by atoms with van der Waals surface area (Å²) in [5.41, 5.74) is 0.736. The van der Waals surface area contributed by atoms with Crippen molar-refractivity contribution < 1.29 is 13.5 Å². The minimum absolute atomic E-state index is 0.0868. The number of alkyl halides is 2. The first-order chi connectivity index (χ1) is 9.47. The molecule has 0 radical (unpaired) electrons. The van der Waals surface area contributed by atoms with Gasteiger partial charge in [0.25, 0.3) is 0 Å². The number of rotatable bonds is 4. The highest BCUT2D eigenvalue weighted by Gasteiger charge is 2.22. The molecule has 6 heteroatoms. The van der Waals surface area contributed by atoms with Crippen molar-refractivity contribution in [2.45, 2.75) is 45.3 Å². The molecule has 0 heterocycles. The van der Waals surface area contributed by atoms with Crippen LogP contribution in [0.3, 0.4) is 0 Å². The van der Waals surface area contributed by atoms with Crippen LogP contribution in [0, 0.1) is 5.92 Å². The lowest BCUT2D eigenvalue weighted by Crippen LogP contribution is -2.30. The zero-order valence-electron chi connectivity index (χ0n) is 11.1. The minimum Gasteiger partial charge on any atom is -0.432 e. The molecule has 1 N–H and O–H groups in total. The van der Waals surface area contributed by atoms with E-state index in [1.165, 1.54) is 19.3 Å². The Kier molecular flexibility index (Phi) is 5.33. The molecule has 2 atom stereocenters. The standard InChI is InChI=1S/C14H17Cl2F2NO/c1-8-4-2-3-5-12(8)19-9-6-10(15)13(11(16)7-9)20-14(17)18/h6-8,12,14,19H,2-5H2,1H3. The van der Waals surface area contributed by atoms with E-state index in [1.807, 2.05) is 0 Å². The molecule has 0 aliphatic heterocycles. The second kappa shape index (κ2) is 6.81. The Balaban J connectivity index is 2.13. The quantitative estimate of drug-likeness (QED) is 0.780. The van der Waals surface area contributed by atoms with Gasteiger partial charge in [0.2, 0.25) is 0 Å². The van der Waals surface area contributed by atoms with Gasteiger partial charge in [-0.2, -0.15) is 8.78 Å². The van der Waals surface area contributed by atoms with Gasteiger partial charge in [0.15, 0.2) is 5.75 Å². The van der Waals surface area contributed by atoms with E-state index in [4.69, 9.17) is 23.2 Å². The molecule has 1 aromatic carbocycles. The molecule has 1 aliphatic carbocycles. The predicted molar refractivity (Wildman–Crippen MR) is 78.1 cm³/mol. The van der Waals surface area contributed by atoms with Crippen LogP contribution in [0.1, 0.15) is 32.6 Å². The molecule has 112 valence electrons. The van der Waals surface area contributed by atoms with Crippen LogP contribution in [0.25, 0.3) is 0 Å². The third-order valence-corrected chi connectivity index (χ3v) is 4.23. The third-order valence-electron chi connectivity index (χ3n) is 3.67. The van der Waals surface area contributed by atoms with Crippen LogP contribution in [0.5, 0.6) is 5.75 Å². The van der Waals surface area contributed by atoms with Crippen molar-refractivity contribution in [3.63, 3.8) is 0 Å². The van der Waals surface area contributed by atoms with Crippen molar-refractivity contribution in [2.75, 3.05) is 5.32 Å². The first-order valence-electron chi connectivity index (χ1n) is 6.67. The number of ether oxygens (including phenoxy) is 1. The summed E-state index contributed by atoms with van der Waals surface area (Å²) in [5.74, 6) is 0.392. The molecule has 0 spiro atoms. The summed E-state index contributed by atoms with van der Waals surface area (Å²) < 4.78 is 28.8. The topological polar surface area (TPSA) is 21.3 Å². The van der Waals surface area contributed by atoms with E-state index < -0.39 is 6.61 Å². The molecular weight excluding hydrogens is 307 g/mol. The van der Waals surface area contributed by atoms with Crippen LogP contribution < -0.4 is 10.1 Å². The van der Waals surface area contributed by atoms with E-state index in [0.717, 1.165) is 12.1 Å². The second-order valence-electron chi connectivity index (χ2n) is 5.16. The number of anilines is 1. The second-order valence-corrected chi connectivity index (χ2v) is 5.97. The van der Waals surface area contributed by atoms with Crippen molar-refractivity contribution in [1.82, 2.24) is 0 Å². The van der Waals surface area contributed by atoms with Gasteiger partial charge in [-0.25, -0.2) is 0 Å². The van der Waals surface area contributed by atoms with E-state index in [9.17, 15) is 8.78 Å². The van der Waals surface area contributed by atoms with E-state index in [2.05, 4.69) is 17.0 Å². The average molecular weight is 324 g/mol. The summed E-state index contributed by atoms with van der Waals surface area (Å²) in [6, 6.07) is 3.51. The van der Waals surface area contributed by atoms with Gasteiger partial charge in [0.05, 0.1) is 10.0 Å². The lowest BCUT2D eigenvalue weighted by Gasteiger charge is -2.30. The molecule has 1 aromatic rings. The Bertz CT molecular complexity index is 447. The molecular formula is C14H17Cl2F2NO. The van der Waals surface area contributed by atoms with Gasteiger partial charge in [-0.15, -0.1) is 0 Å². The monoisotopic (exact) mass is 323 g/mol. The summed E-state index contributed by atoms with van der Waals surface area (Å²) in [6.07, 6.45) is 4.72. The fraction of sp³-hybridized carbons (Fsp3) is 0.571. The highest BCUT2D eigenvalue weighted by Crippen LogP contribution is 2.38. The maximum absolute atomic E-state index is 12.2. The molecule has 1 saturated carbocycles. The Morgan fingerprint density at radius 1 is 1.20 bits per heavy atom. The van der Waals surface area contributed by atoms with Crippen LogP contribution in [0.4, 0.5) is 14.5 Å². The van der Waals surface area contributed by atoms with E-state index in [-0.39, 0.29) is 15.8 Å². The summed E-state index contributed by atoms with van der Waals surface area (Å²) in [7, 11) is 0. The summed E-state index contributed by atoms with van der Waals surface area (Å²) in [4.78, 5) is 0. The minimum atomic E-state index is -2.94. The van der Waals surface area contributed by atoms with Crippen molar-refractivity contribution >= 4 is 28.9 Å². The molecule has 0 bridgehead atoms. The van der Waals surface area contributed by atoms with Crippen molar-refractivity contribution in [3.8, 4) is 5.75 Å². The maximum Gasteiger partial charge on any atom is 0.387 e. The molecule has 1 fully saturated rings. The molecule has 2 rings (SSSR count). The van der Waals surface area contributed by atoms with Crippen molar-refractivity contribution in [3.05, 3.63) is 22.2 Å². The van der Waals surface area contributed by atoms with Crippen LogP contribution in [0.15, 0.2) is 12.1 Å². The summed E-state index contributed by atoms with van der Waals surface area (Å²) in [5, 5.41) is 3.55. The van der Waals surface area contributed by atoms with Gasteiger partial charge in [-0.3, -0.25) is 0 Å². The summed E-state index contributed by atoms with van der Waals surface area (Å²) >= 11 is 11.9. The van der Waals surface area contributed by atoms with Gasteiger partial charge in [0, 0.05) is 11.7 Å². The Morgan fingerprint density at radius 3 is 2.35 bits per heavy atom. The SMILES string of the molecule is CC1CCCCC1Nc1cc(Cl)c(OC(F)F)c(Cl)c1. The zero-order chi connectivity index (χ0) is 14.7. The smallest absolute Gasteiger partial charge is 0.387 e. The van der Waals surface area contributed by atoms with E-state index in [1.54, 1.807) is 12.1 Å². The molecule has 2 unspecified atom stereocenters.